The highest BCUT2D eigenvalue weighted by Crippen LogP contribution is 2.37. The number of rotatable bonds is 4. The second kappa shape index (κ2) is 4.29. The lowest BCUT2D eigenvalue weighted by Crippen LogP contribution is -2.49. The van der Waals surface area contributed by atoms with Gasteiger partial charge in [-0.25, -0.2) is 0 Å². The Morgan fingerprint density at radius 2 is 1.71 bits per heavy atom. The first-order valence-corrected chi connectivity index (χ1v) is 6.29. The largest absolute Gasteiger partial charge is 0.481 e. The molecule has 0 unspecified atom stereocenters. The first-order valence-electron chi connectivity index (χ1n) is 6.29. The summed E-state index contributed by atoms with van der Waals surface area (Å²) in [5, 5.41) is 12.1. The van der Waals surface area contributed by atoms with Gasteiger partial charge in [0.05, 0.1) is 11.0 Å². The molecule has 0 spiro atoms. The van der Waals surface area contributed by atoms with E-state index in [9.17, 15) is 14.7 Å². The number of amides is 1. The maximum Gasteiger partial charge on any atom is 0.311 e. The van der Waals surface area contributed by atoms with Crippen LogP contribution in [0.2, 0.25) is 0 Å². The zero-order chi connectivity index (χ0) is 12.5. The molecule has 2 rings (SSSR count). The number of carboxylic acid groups (broad SMARTS) is 1. The van der Waals surface area contributed by atoms with Crippen LogP contribution in [-0.4, -0.2) is 29.1 Å². The molecule has 5 nitrogen and oxygen atoms in total. The molecule has 4 N–H and O–H groups in total. The molecule has 0 aromatic heterocycles. The first kappa shape index (κ1) is 12.4. The summed E-state index contributed by atoms with van der Waals surface area (Å²) in [6.45, 7) is 0.222. The standard InChI is InChI=1S/C12H20N2O3/c13-12(6-7-12)9(15)14-8-11(10(16)17)4-2-1-3-5-11/h1-8,13H2,(H,14,15)(H,16,17). The van der Waals surface area contributed by atoms with Gasteiger partial charge in [-0.3, -0.25) is 9.59 Å². The van der Waals surface area contributed by atoms with Crippen molar-refractivity contribution >= 4 is 11.9 Å². The van der Waals surface area contributed by atoms with Gasteiger partial charge in [0, 0.05) is 6.54 Å². The minimum absolute atomic E-state index is 0.191. The molecule has 2 aliphatic rings. The van der Waals surface area contributed by atoms with Gasteiger partial charge in [0.2, 0.25) is 5.91 Å². The number of carbonyl (C=O) groups is 2. The second-order valence-electron chi connectivity index (χ2n) is 5.48. The molecule has 0 atom stereocenters. The quantitative estimate of drug-likeness (QED) is 0.672. The van der Waals surface area contributed by atoms with Gasteiger partial charge in [0.1, 0.15) is 0 Å². The Bertz CT molecular complexity index is 331. The van der Waals surface area contributed by atoms with E-state index in [0.29, 0.717) is 25.7 Å². The molecular weight excluding hydrogens is 220 g/mol. The Kier molecular flexibility index (Phi) is 3.12. The molecule has 2 saturated carbocycles. The normalized spacial score (nSPS) is 25.0. The van der Waals surface area contributed by atoms with E-state index in [2.05, 4.69) is 5.32 Å². The fraction of sp³-hybridized carbons (Fsp3) is 0.833. The number of carboxylic acids is 1. The number of nitrogens with two attached hydrogens (primary N) is 1. The molecule has 1 amide bonds. The molecule has 0 bridgehead atoms. The lowest BCUT2D eigenvalue weighted by Gasteiger charge is -2.33. The zero-order valence-electron chi connectivity index (χ0n) is 10.00. The Hall–Kier alpha value is -1.10. The molecule has 96 valence electrons. The van der Waals surface area contributed by atoms with E-state index in [0.717, 1.165) is 19.3 Å². The number of hydrogen-bond acceptors (Lipinski definition) is 3. The molecule has 0 radical (unpaired) electrons. The van der Waals surface area contributed by atoms with E-state index >= 15 is 0 Å². The number of aliphatic carboxylic acids is 1. The van der Waals surface area contributed by atoms with Crippen LogP contribution in [0.25, 0.3) is 0 Å². The number of nitrogens with one attached hydrogen (secondary N) is 1. The Morgan fingerprint density at radius 3 is 2.18 bits per heavy atom. The van der Waals surface area contributed by atoms with Crippen LogP contribution in [0, 0.1) is 5.41 Å². The number of hydrogen-bond donors (Lipinski definition) is 3. The van der Waals surface area contributed by atoms with E-state index < -0.39 is 16.9 Å². The lowest BCUT2D eigenvalue weighted by atomic mass is 9.74. The third-order valence-electron chi connectivity index (χ3n) is 4.09. The third-order valence-corrected chi connectivity index (χ3v) is 4.09. The van der Waals surface area contributed by atoms with Crippen LogP contribution in [0.5, 0.6) is 0 Å². The highest BCUT2D eigenvalue weighted by atomic mass is 16.4. The minimum Gasteiger partial charge on any atom is -0.481 e. The summed E-state index contributed by atoms with van der Waals surface area (Å²) in [5.74, 6) is -0.983. The van der Waals surface area contributed by atoms with Gasteiger partial charge >= 0.3 is 5.97 Å². The maximum atomic E-state index is 11.7. The van der Waals surface area contributed by atoms with Crippen LogP contribution >= 0.6 is 0 Å². The molecular formula is C12H20N2O3. The topological polar surface area (TPSA) is 92.4 Å². The van der Waals surface area contributed by atoms with Gasteiger partial charge in [0.25, 0.3) is 0 Å². The average molecular weight is 240 g/mol. The van der Waals surface area contributed by atoms with Gasteiger partial charge in [-0.2, -0.15) is 0 Å². The maximum absolute atomic E-state index is 11.7. The van der Waals surface area contributed by atoms with E-state index in [1.165, 1.54) is 0 Å². The summed E-state index contributed by atoms with van der Waals surface area (Å²) in [5.41, 5.74) is 4.29. The van der Waals surface area contributed by atoms with Crippen LogP contribution in [0.3, 0.4) is 0 Å². The average Bonchev–Trinajstić information content (AvgIpc) is 3.06. The number of carbonyl (C=O) groups excluding carboxylic acids is 1. The van der Waals surface area contributed by atoms with Crippen molar-refractivity contribution in [2.75, 3.05) is 6.54 Å². The summed E-state index contributed by atoms with van der Waals surface area (Å²) in [6.07, 6.45) is 5.66. The summed E-state index contributed by atoms with van der Waals surface area (Å²) in [7, 11) is 0. The van der Waals surface area contributed by atoms with Crippen LogP contribution in [0.1, 0.15) is 44.9 Å². The summed E-state index contributed by atoms with van der Waals surface area (Å²) >= 11 is 0. The van der Waals surface area contributed by atoms with Gasteiger partial charge in [-0.1, -0.05) is 19.3 Å². The van der Waals surface area contributed by atoms with Crippen LogP contribution < -0.4 is 11.1 Å². The fourth-order valence-electron chi connectivity index (χ4n) is 2.48. The highest BCUT2D eigenvalue weighted by molar-refractivity contribution is 5.89. The van der Waals surface area contributed by atoms with Crippen molar-refractivity contribution in [2.45, 2.75) is 50.5 Å². The Balaban J connectivity index is 1.94. The van der Waals surface area contributed by atoms with Crippen molar-refractivity contribution < 1.29 is 14.7 Å². The third kappa shape index (κ3) is 2.44. The Morgan fingerprint density at radius 1 is 1.12 bits per heavy atom. The molecule has 17 heavy (non-hydrogen) atoms. The predicted octanol–water partition coefficient (Wildman–Crippen LogP) is 0.629. The minimum atomic E-state index is -0.792. The molecule has 0 aromatic rings. The van der Waals surface area contributed by atoms with Crippen LogP contribution in [-0.2, 0) is 9.59 Å². The molecule has 2 aliphatic carbocycles. The Labute approximate surface area is 101 Å². The highest BCUT2D eigenvalue weighted by Gasteiger charge is 2.47. The van der Waals surface area contributed by atoms with Crippen molar-refractivity contribution in [1.82, 2.24) is 5.32 Å². The van der Waals surface area contributed by atoms with Gasteiger partial charge in [-0.05, 0) is 25.7 Å². The van der Waals surface area contributed by atoms with Crippen molar-refractivity contribution in [3.05, 3.63) is 0 Å². The van der Waals surface area contributed by atoms with Crippen molar-refractivity contribution in [2.24, 2.45) is 11.1 Å². The molecule has 0 heterocycles. The second-order valence-corrected chi connectivity index (χ2v) is 5.48. The molecule has 5 heteroatoms. The van der Waals surface area contributed by atoms with Gasteiger partial charge in [-0.15, -0.1) is 0 Å². The first-order chi connectivity index (χ1) is 7.99. The van der Waals surface area contributed by atoms with E-state index in [-0.39, 0.29) is 12.5 Å². The van der Waals surface area contributed by atoms with E-state index in [4.69, 9.17) is 5.73 Å². The fourth-order valence-corrected chi connectivity index (χ4v) is 2.48. The predicted molar refractivity (Wildman–Crippen MR) is 62.3 cm³/mol. The van der Waals surface area contributed by atoms with E-state index in [1.54, 1.807) is 0 Å². The van der Waals surface area contributed by atoms with Crippen LogP contribution in [0.4, 0.5) is 0 Å². The molecule has 0 aromatic carbocycles. The summed E-state index contributed by atoms with van der Waals surface area (Å²) in [6, 6.07) is 0. The van der Waals surface area contributed by atoms with Gasteiger partial charge in [0.15, 0.2) is 0 Å². The van der Waals surface area contributed by atoms with Crippen LogP contribution in [0.15, 0.2) is 0 Å². The molecule has 0 aliphatic heterocycles. The summed E-state index contributed by atoms with van der Waals surface area (Å²) < 4.78 is 0. The monoisotopic (exact) mass is 240 g/mol. The van der Waals surface area contributed by atoms with Gasteiger partial charge < -0.3 is 16.2 Å². The zero-order valence-corrected chi connectivity index (χ0v) is 10.00. The molecule has 2 fully saturated rings. The van der Waals surface area contributed by atoms with Crippen molar-refractivity contribution in [3.8, 4) is 0 Å². The summed E-state index contributed by atoms with van der Waals surface area (Å²) in [4.78, 5) is 23.1. The smallest absolute Gasteiger partial charge is 0.311 e. The van der Waals surface area contributed by atoms with Crippen molar-refractivity contribution in [3.63, 3.8) is 0 Å². The van der Waals surface area contributed by atoms with Crippen molar-refractivity contribution in [1.29, 1.82) is 0 Å². The van der Waals surface area contributed by atoms with E-state index in [1.807, 2.05) is 0 Å². The lowest BCUT2D eigenvalue weighted by molar-refractivity contribution is -0.151. The molecule has 0 saturated heterocycles. The SMILES string of the molecule is NC1(C(=O)NCC2(C(=O)O)CCCCC2)CC1.